The van der Waals surface area contributed by atoms with Gasteiger partial charge in [-0.2, -0.15) is 4.80 Å². The van der Waals surface area contributed by atoms with E-state index in [0.717, 1.165) is 28.2 Å². The molecular formula is C23H21N5O3S. The number of fused-ring (bicyclic) bond motifs is 1. The van der Waals surface area contributed by atoms with Crippen LogP contribution in [-0.4, -0.2) is 40.2 Å². The Hall–Kier alpha value is -3.98. The highest BCUT2D eigenvalue weighted by Crippen LogP contribution is 2.23. The van der Waals surface area contributed by atoms with Gasteiger partial charge in [0.1, 0.15) is 22.5 Å². The van der Waals surface area contributed by atoms with Crippen molar-refractivity contribution in [2.45, 2.75) is 6.92 Å². The molecule has 0 aliphatic heterocycles. The number of benzene rings is 3. The second-order valence-electron chi connectivity index (χ2n) is 6.98. The number of carbonyl (C=O) groups is 1. The molecule has 32 heavy (non-hydrogen) atoms. The van der Waals surface area contributed by atoms with Crippen LogP contribution in [-0.2, 0) is 0 Å². The van der Waals surface area contributed by atoms with Crippen molar-refractivity contribution in [2.75, 3.05) is 19.5 Å². The first-order valence-corrected chi connectivity index (χ1v) is 10.2. The van der Waals surface area contributed by atoms with Crippen molar-refractivity contribution in [1.29, 1.82) is 0 Å². The van der Waals surface area contributed by atoms with Crippen molar-refractivity contribution in [3.05, 3.63) is 71.8 Å². The van der Waals surface area contributed by atoms with Crippen LogP contribution < -0.4 is 20.1 Å². The molecule has 3 aromatic carbocycles. The van der Waals surface area contributed by atoms with Gasteiger partial charge in [-0.3, -0.25) is 10.1 Å². The maximum Gasteiger partial charge on any atom is 0.257 e. The fourth-order valence-corrected chi connectivity index (χ4v) is 3.31. The van der Waals surface area contributed by atoms with E-state index in [2.05, 4.69) is 20.8 Å². The number of nitrogens with zero attached hydrogens (tertiary/aromatic N) is 3. The number of amides is 1. The molecule has 0 aliphatic rings. The van der Waals surface area contributed by atoms with Gasteiger partial charge in [0.15, 0.2) is 5.11 Å². The van der Waals surface area contributed by atoms with E-state index in [1.807, 2.05) is 43.3 Å². The molecule has 2 N–H and O–H groups in total. The number of aromatic nitrogens is 3. The Morgan fingerprint density at radius 2 is 1.47 bits per heavy atom. The van der Waals surface area contributed by atoms with E-state index in [1.165, 1.54) is 0 Å². The minimum atomic E-state index is -0.311. The summed E-state index contributed by atoms with van der Waals surface area (Å²) in [5.74, 6) is 1.13. The lowest BCUT2D eigenvalue weighted by Gasteiger charge is -2.12. The zero-order valence-electron chi connectivity index (χ0n) is 17.7. The monoisotopic (exact) mass is 447 g/mol. The van der Waals surface area contributed by atoms with Gasteiger partial charge in [-0.25, -0.2) is 0 Å². The van der Waals surface area contributed by atoms with Crippen LogP contribution in [0.4, 0.5) is 5.69 Å². The number of rotatable bonds is 5. The Balaban J connectivity index is 1.50. The molecule has 0 aliphatic carbocycles. The Morgan fingerprint density at radius 1 is 0.906 bits per heavy atom. The molecular weight excluding hydrogens is 426 g/mol. The maximum absolute atomic E-state index is 12.4. The average molecular weight is 448 g/mol. The summed E-state index contributed by atoms with van der Waals surface area (Å²) >= 11 is 5.33. The van der Waals surface area contributed by atoms with Gasteiger partial charge in [-0.15, -0.1) is 10.2 Å². The highest BCUT2D eigenvalue weighted by Gasteiger charge is 2.12. The minimum absolute atomic E-state index is 0.191. The maximum atomic E-state index is 12.4. The molecule has 1 amide bonds. The molecule has 0 radical (unpaired) electrons. The predicted molar refractivity (Wildman–Crippen MR) is 127 cm³/mol. The second kappa shape index (κ2) is 9.03. The van der Waals surface area contributed by atoms with Gasteiger partial charge in [-0.1, -0.05) is 0 Å². The summed E-state index contributed by atoms with van der Waals surface area (Å²) in [5, 5.41) is 15.0. The molecule has 0 saturated carbocycles. The van der Waals surface area contributed by atoms with Crippen LogP contribution in [0.3, 0.4) is 0 Å². The number of methoxy groups -OCH3 is 2. The number of anilines is 1. The number of ether oxygens (including phenoxy) is 2. The van der Waals surface area contributed by atoms with Crippen LogP contribution in [0.2, 0.25) is 0 Å². The highest BCUT2D eigenvalue weighted by molar-refractivity contribution is 7.80. The van der Waals surface area contributed by atoms with Crippen LogP contribution in [0.5, 0.6) is 11.5 Å². The van der Waals surface area contributed by atoms with Crippen molar-refractivity contribution in [3.63, 3.8) is 0 Å². The molecule has 8 nitrogen and oxygen atoms in total. The lowest BCUT2D eigenvalue weighted by molar-refractivity contribution is 0.0977. The van der Waals surface area contributed by atoms with E-state index >= 15 is 0 Å². The first-order valence-electron chi connectivity index (χ1n) is 9.75. The van der Waals surface area contributed by atoms with Crippen LogP contribution in [0, 0.1) is 6.92 Å². The minimum Gasteiger partial charge on any atom is -0.497 e. The first-order chi connectivity index (χ1) is 15.5. The predicted octanol–water partition coefficient (Wildman–Crippen LogP) is 3.87. The zero-order valence-corrected chi connectivity index (χ0v) is 18.6. The summed E-state index contributed by atoms with van der Waals surface area (Å²) in [7, 11) is 3.19. The Labute approximate surface area is 190 Å². The van der Waals surface area contributed by atoms with Crippen molar-refractivity contribution < 1.29 is 14.3 Å². The van der Waals surface area contributed by atoms with Gasteiger partial charge in [0.05, 0.1) is 19.9 Å². The number of hydrogen-bond donors (Lipinski definition) is 2. The number of carbonyl (C=O) groups excluding carboxylic acids is 1. The van der Waals surface area contributed by atoms with E-state index in [-0.39, 0.29) is 11.0 Å². The summed E-state index contributed by atoms with van der Waals surface area (Å²) in [6, 6.07) is 18.0. The lowest BCUT2D eigenvalue weighted by atomic mass is 10.2. The quantitative estimate of drug-likeness (QED) is 0.449. The Morgan fingerprint density at radius 3 is 2.06 bits per heavy atom. The summed E-state index contributed by atoms with van der Waals surface area (Å²) in [6.45, 7) is 1.93. The first kappa shape index (κ1) is 21.3. The average Bonchev–Trinajstić information content (AvgIpc) is 3.22. The molecule has 0 atom stereocenters. The van der Waals surface area contributed by atoms with Gasteiger partial charge in [-0.05, 0) is 85.4 Å². The van der Waals surface area contributed by atoms with Crippen LogP contribution in [0.15, 0.2) is 60.7 Å². The molecule has 1 heterocycles. The molecule has 162 valence electrons. The van der Waals surface area contributed by atoms with Crippen LogP contribution in [0.1, 0.15) is 15.9 Å². The molecule has 0 bridgehead atoms. The van der Waals surface area contributed by atoms with Crippen molar-refractivity contribution in [1.82, 2.24) is 20.3 Å². The van der Waals surface area contributed by atoms with Crippen LogP contribution in [0.25, 0.3) is 16.7 Å². The fourth-order valence-electron chi connectivity index (χ4n) is 3.10. The smallest absolute Gasteiger partial charge is 0.257 e. The topological polar surface area (TPSA) is 90.3 Å². The van der Waals surface area contributed by atoms with Gasteiger partial charge < -0.3 is 14.8 Å². The fraction of sp³-hybridized carbons (Fsp3) is 0.130. The largest absolute Gasteiger partial charge is 0.497 e. The summed E-state index contributed by atoms with van der Waals surface area (Å²) in [4.78, 5) is 14.0. The summed E-state index contributed by atoms with van der Waals surface area (Å²) in [5.41, 5.74) is 4.39. The summed E-state index contributed by atoms with van der Waals surface area (Å²) < 4.78 is 10.3. The molecule has 0 spiro atoms. The van der Waals surface area contributed by atoms with E-state index in [1.54, 1.807) is 43.3 Å². The SMILES string of the molecule is COc1ccc(C(=O)NC(=S)Nc2cc3nn(-c4ccc(OC)cc4)nc3cc2C)cc1. The van der Waals surface area contributed by atoms with E-state index in [4.69, 9.17) is 21.7 Å². The third-order valence-corrected chi connectivity index (χ3v) is 5.06. The van der Waals surface area contributed by atoms with Gasteiger partial charge in [0.25, 0.3) is 5.91 Å². The van der Waals surface area contributed by atoms with E-state index in [9.17, 15) is 4.79 Å². The third kappa shape index (κ3) is 4.52. The number of aryl methyl sites for hydroxylation is 1. The standard InChI is InChI=1S/C23H21N5O3S/c1-14-12-20-21(27-28(26-20)16-6-10-18(31-3)11-7-16)13-19(14)24-23(32)25-22(29)15-4-8-17(30-2)9-5-15/h4-13H,1-3H3,(H2,24,25,29,32). The number of hydrogen-bond acceptors (Lipinski definition) is 6. The van der Waals surface area contributed by atoms with E-state index in [0.29, 0.717) is 16.8 Å². The van der Waals surface area contributed by atoms with Crippen molar-refractivity contribution in [2.24, 2.45) is 0 Å². The normalized spacial score (nSPS) is 10.6. The third-order valence-electron chi connectivity index (χ3n) is 4.86. The Bertz CT molecular complexity index is 1280. The second-order valence-corrected chi connectivity index (χ2v) is 7.39. The van der Waals surface area contributed by atoms with Gasteiger partial charge >= 0.3 is 0 Å². The molecule has 1 aromatic heterocycles. The van der Waals surface area contributed by atoms with E-state index < -0.39 is 0 Å². The number of nitrogens with one attached hydrogen (secondary N) is 2. The molecule has 4 aromatic rings. The summed E-state index contributed by atoms with van der Waals surface area (Å²) in [6.07, 6.45) is 0. The zero-order chi connectivity index (χ0) is 22.7. The molecule has 0 unspecified atom stereocenters. The molecule has 0 fully saturated rings. The Kier molecular flexibility index (Phi) is 6.00. The molecule has 9 heteroatoms. The highest BCUT2D eigenvalue weighted by atomic mass is 32.1. The number of thiocarbonyl (C=S) groups is 1. The van der Waals surface area contributed by atoms with Gasteiger partial charge in [0.2, 0.25) is 0 Å². The van der Waals surface area contributed by atoms with Crippen molar-refractivity contribution in [3.8, 4) is 17.2 Å². The lowest BCUT2D eigenvalue weighted by Crippen LogP contribution is -2.34. The van der Waals surface area contributed by atoms with Crippen LogP contribution >= 0.6 is 12.2 Å². The van der Waals surface area contributed by atoms with Crippen molar-refractivity contribution >= 4 is 40.0 Å². The van der Waals surface area contributed by atoms with Gasteiger partial charge in [0, 0.05) is 11.3 Å². The molecule has 0 saturated heterocycles. The molecule has 4 rings (SSSR count).